The summed E-state index contributed by atoms with van der Waals surface area (Å²) in [7, 11) is 0. The molecule has 2 aromatic rings. The molecule has 1 aromatic heterocycles. The molecule has 0 spiro atoms. The monoisotopic (exact) mass is 222 g/mol. The van der Waals surface area contributed by atoms with Crippen LogP contribution >= 0.6 is 0 Å². The number of imidazole rings is 1. The minimum Gasteiger partial charge on any atom is -0.307 e. The van der Waals surface area contributed by atoms with E-state index in [1.807, 2.05) is 18.2 Å². The molecule has 2 heterocycles. The van der Waals surface area contributed by atoms with Crippen molar-refractivity contribution in [1.82, 2.24) is 9.55 Å². The normalized spacial score (nSPS) is 14.1. The molecular formula is C15H14N2. The lowest BCUT2D eigenvalue weighted by Gasteiger charge is -2.02. The Bertz CT molecular complexity index is 589. The summed E-state index contributed by atoms with van der Waals surface area (Å²) < 4.78 is 2.17. The van der Waals surface area contributed by atoms with Gasteiger partial charge in [-0.3, -0.25) is 0 Å². The first-order chi connectivity index (χ1) is 8.34. The molecule has 0 N–H and O–H groups in total. The maximum Gasteiger partial charge on any atom is 0.117 e. The van der Waals surface area contributed by atoms with Crippen LogP contribution in [0, 0.1) is 0 Å². The molecule has 0 unspecified atom stereocenters. The summed E-state index contributed by atoms with van der Waals surface area (Å²) in [4.78, 5) is 4.70. The fourth-order valence-corrected chi connectivity index (χ4v) is 2.08. The number of rotatable bonds is 1. The van der Waals surface area contributed by atoms with Gasteiger partial charge >= 0.3 is 0 Å². The Kier molecular flexibility index (Phi) is 2.41. The minimum atomic E-state index is 0.890. The highest BCUT2D eigenvalue weighted by molar-refractivity contribution is 5.61. The van der Waals surface area contributed by atoms with E-state index in [0.717, 1.165) is 17.9 Å². The van der Waals surface area contributed by atoms with Crippen LogP contribution in [-0.4, -0.2) is 9.55 Å². The quantitative estimate of drug-likeness (QED) is 0.721. The molecule has 0 radical (unpaired) electrons. The minimum absolute atomic E-state index is 0.890. The highest BCUT2D eigenvalue weighted by Crippen LogP contribution is 2.22. The van der Waals surface area contributed by atoms with Crippen LogP contribution in [0.25, 0.3) is 17.0 Å². The van der Waals surface area contributed by atoms with E-state index in [9.17, 15) is 0 Å². The van der Waals surface area contributed by atoms with Crippen molar-refractivity contribution in [1.29, 1.82) is 0 Å². The summed E-state index contributed by atoms with van der Waals surface area (Å²) >= 11 is 0. The van der Waals surface area contributed by atoms with Crippen LogP contribution < -0.4 is 0 Å². The Balaban J connectivity index is 2.09. The summed E-state index contributed by atoms with van der Waals surface area (Å²) in [6, 6.07) is 10.3. The molecule has 0 saturated heterocycles. The standard InChI is InChI=1S/C15H14N2/c1-12-7-5-6-10-15-16-14(11-17(12)15)13-8-3-2-4-9-13/h2-9,11H,10H2,1H3. The molecule has 0 saturated carbocycles. The number of fused-ring (bicyclic) bond motifs is 1. The zero-order valence-corrected chi connectivity index (χ0v) is 9.80. The fourth-order valence-electron chi connectivity index (χ4n) is 2.08. The second-order valence-corrected chi connectivity index (χ2v) is 4.22. The average molecular weight is 222 g/mol. The molecule has 2 heteroatoms. The van der Waals surface area contributed by atoms with E-state index in [2.05, 4.69) is 48.0 Å². The molecule has 3 rings (SSSR count). The Morgan fingerprint density at radius 3 is 2.82 bits per heavy atom. The summed E-state index contributed by atoms with van der Waals surface area (Å²) in [5.74, 6) is 1.10. The molecule has 84 valence electrons. The van der Waals surface area contributed by atoms with Crippen molar-refractivity contribution in [2.24, 2.45) is 0 Å². The Labute approximate surface area is 101 Å². The molecule has 1 aromatic carbocycles. The molecule has 0 bridgehead atoms. The third-order valence-corrected chi connectivity index (χ3v) is 3.00. The van der Waals surface area contributed by atoms with Crippen LogP contribution in [-0.2, 0) is 6.42 Å². The second-order valence-electron chi connectivity index (χ2n) is 4.22. The first-order valence-corrected chi connectivity index (χ1v) is 5.82. The maximum atomic E-state index is 4.70. The summed E-state index contributed by atoms with van der Waals surface area (Å²) in [6.45, 7) is 2.11. The first-order valence-electron chi connectivity index (χ1n) is 5.82. The predicted octanol–water partition coefficient (Wildman–Crippen LogP) is 3.52. The summed E-state index contributed by atoms with van der Waals surface area (Å²) in [6.07, 6.45) is 9.35. The number of hydrogen-bond acceptors (Lipinski definition) is 1. The predicted molar refractivity (Wildman–Crippen MR) is 70.5 cm³/mol. The van der Waals surface area contributed by atoms with Gasteiger partial charge in [0.2, 0.25) is 0 Å². The lowest BCUT2D eigenvalue weighted by Crippen LogP contribution is -1.96. The molecule has 1 aliphatic heterocycles. The van der Waals surface area contributed by atoms with Gasteiger partial charge in [0.15, 0.2) is 0 Å². The van der Waals surface area contributed by atoms with Crippen LogP contribution in [0.4, 0.5) is 0 Å². The molecule has 0 amide bonds. The van der Waals surface area contributed by atoms with E-state index >= 15 is 0 Å². The molecule has 1 aliphatic rings. The van der Waals surface area contributed by atoms with Crippen molar-refractivity contribution in [3.05, 3.63) is 60.6 Å². The van der Waals surface area contributed by atoms with Crippen molar-refractivity contribution in [2.45, 2.75) is 13.3 Å². The largest absolute Gasteiger partial charge is 0.307 e. The summed E-state index contributed by atoms with van der Waals surface area (Å²) in [5.41, 5.74) is 3.43. The van der Waals surface area contributed by atoms with E-state index in [4.69, 9.17) is 4.98 Å². The van der Waals surface area contributed by atoms with Crippen LogP contribution in [0.3, 0.4) is 0 Å². The van der Waals surface area contributed by atoms with Gasteiger partial charge in [-0.05, 0) is 13.0 Å². The molecular weight excluding hydrogens is 208 g/mol. The SMILES string of the molecule is CC1=CC=CCc2nc(-c3ccccc3)cn21. The van der Waals surface area contributed by atoms with Crippen molar-refractivity contribution >= 4 is 5.70 Å². The second kappa shape index (κ2) is 4.06. The molecule has 0 aliphatic carbocycles. The highest BCUT2D eigenvalue weighted by Gasteiger charge is 2.10. The van der Waals surface area contributed by atoms with Crippen molar-refractivity contribution in [3.8, 4) is 11.3 Å². The van der Waals surface area contributed by atoms with Gasteiger partial charge in [0.25, 0.3) is 0 Å². The Hall–Kier alpha value is -2.09. The van der Waals surface area contributed by atoms with Crippen molar-refractivity contribution in [3.63, 3.8) is 0 Å². The number of allylic oxidation sites excluding steroid dienone is 4. The van der Waals surface area contributed by atoms with Crippen LogP contribution in [0.5, 0.6) is 0 Å². The maximum absolute atomic E-state index is 4.70. The van der Waals surface area contributed by atoms with Gasteiger partial charge < -0.3 is 4.57 Å². The third kappa shape index (κ3) is 1.82. The topological polar surface area (TPSA) is 17.8 Å². The van der Waals surface area contributed by atoms with E-state index in [1.54, 1.807) is 0 Å². The zero-order valence-electron chi connectivity index (χ0n) is 9.80. The lowest BCUT2D eigenvalue weighted by molar-refractivity contribution is 0.948. The van der Waals surface area contributed by atoms with Crippen LogP contribution in [0.1, 0.15) is 12.7 Å². The van der Waals surface area contributed by atoms with E-state index in [-0.39, 0.29) is 0 Å². The average Bonchev–Trinajstić information content (AvgIpc) is 2.72. The third-order valence-electron chi connectivity index (χ3n) is 3.00. The summed E-state index contributed by atoms with van der Waals surface area (Å²) in [5, 5.41) is 0. The van der Waals surface area contributed by atoms with Gasteiger partial charge in [-0.2, -0.15) is 0 Å². The van der Waals surface area contributed by atoms with Gasteiger partial charge in [-0.1, -0.05) is 42.5 Å². The lowest BCUT2D eigenvalue weighted by atomic mass is 10.2. The number of nitrogens with zero attached hydrogens (tertiary/aromatic N) is 2. The van der Waals surface area contributed by atoms with Gasteiger partial charge in [0.05, 0.1) is 5.69 Å². The van der Waals surface area contributed by atoms with Gasteiger partial charge in [-0.15, -0.1) is 0 Å². The number of hydrogen-bond donors (Lipinski definition) is 0. The molecule has 17 heavy (non-hydrogen) atoms. The Morgan fingerprint density at radius 2 is 2.00 bits per heavy atom. The zero-order chi connectivity index (χ0) is 11.7. The van der Waals surface area contributed by atoms with E-state index in [1.165, 1.54) is 11.3 Å². The van der Waals surface area contributed by atoms with Crippen molar-refractivity contribution in [2.75, 3.05) is 0 Å². The van der Waals surface area contributed by atoms with Crippen LogP contribution in [0.15, 0.2) is 54.8 Å². The highest BCUT2D eigenvalue weighted by atomic mass is 15.1. The van der Waals surface area contributed by atoms with Gasteiger partial charge in [0.1, 0.15) is 5.82 Å². The molecule has 2 nitrogen and oxygen atoms in total. The van der Waals surface area contributed by atoms with Crippen LogP contribution in [0.2, 0.25) is 0 Å². The number of benzene rings is 1. The van der Waals surface area contributed by atoms with Crippen molar-refractivity contribution < 1.29 is 0 Å². The van der Waals surface area contributed by atoms with E-state index < -0.39 is 0 Å². The number of aromatic nitrogens is 2. The molecule has 0 atom stereocenters. The van der Waals surface area contributed by atoms with Gasteiger partial charge in [-0.25, -0.2) is 4.98 Å². The smallest absolute Gasteiger partial charge is 0.117 e. The molecule has 0 fully saturated rings. The van der Waals surface area contributed by atoms with Gasteiger partial charge in [0, 0.05) is 23.9 Å². The Morgan fingerprint density at radius 1 is 1.18 bits per heavy atom. The fraction of sp³-hybridized carbons (Fsp3) is 0.133. The van der Waals surface area contributed by atoms with E-state index in [0.29, 0.717) is 0 Å². The first kappa shape index (κ1) is 10.1.